The van der Waals surface area contributed by atoms with Crippen LogP contribution in [-0.4, -0.2) is 43.0 Å². The van der Waals surface area contributed by atoms with E-state index in [1.54, 1.807) is 0 Å². The van der Waals surface area contributed by atoms with Gasteiger partial charge < -0.3 is 16.0 Å². The molecule has 3 aliphatic rings. The van der Waals surface area contributed by atoms with Gasteiger partial charge >= 0.3 is 0 Å². The highest BCUT2D eigenvalue weighted by atomic mass is 16.1. The van der Waals surface area contributed by atoms with Crippen molar-refractivity contribution in [3.05, 3.63) is 0 Å². The van der Waals surface area contributed by atoms with Gasteiger partial charge in [0, 0.05) is 24.0 Å². The molecular formula is C20H37N3O. The van der Waals surface area contributed by atoms with Gasteiger partial charge in [-0.3, -0.25) is 4.79 Å². The summed E-state index contributed by atoms with van der Waals surface area (Å²) in [5.74, 6) is 1.65. The van der Waals surface area contributed by atoms with E-state index in [1.807, 2.05) is 0 Å². The van der Waals surface area contributed by atoms with E-state index in [1.165, 1.54) is 57.8 Å². The molecule has 3 aliphatic carbocycles. The fourth-order valence-electron chi connectivity index (χ4n) is 5.57. The molecule has 2 atom stereocenters. The van der Waals surface area contributed by atoms with Gasteiger partial charge in [-0.05, 0) is 64.5 Å². The molecule has 0 aromatic carbocycles. The lowest BCUT2D eigenvalue weighted by Gasteiger charge is -2.44. The molecular weight excluding hydrogens is 298 g/mol. The summed E-state index contributed by atoms with van der Waals surface area (Å²) in [6.07, 6.45) is 13.5. The van der Waals surface area contributed by atoms with Crippen molar-refractivity contribution in [3.63, 3.8) is 0 Å². The zero-order valence-electron chi connectivity index (χ0n) is 15.7. The smallest absolute Gasteiger partial charge is 0.223 e. The van der Waals surface area contributed by atoms with Crippen molar-refractivity contribution in [2.45, 2.75) is 82.2 Å². The van der Waals surface area contributed by atoms with Gasteiger partial charge in [-0.2, -0.15) is 0 Å². The molecule has 4 nitrogen and oxygen atoms in total. The van der Waals surface area contributed by atoms with Crippen LogP contribution in [0.3, 0.4) is 0 Å². The number of rotatable bonds is 4. The average Bonchev–Trinajstić information content (AvgIpc) is 2.79. The Morgan fingerprint density at radius 1 is 1.04 bits per heavy atom. The maximum absolute atomic E-state index is 12.9. The fourth-order valence-corrected chi connectivity index (χ4v) is 5.57. The van der Waals surface area contributed by atoms with Crippen LogP contribution in [0.1, 0.15) is 70.6 Å². The second-order valence-electron chi connectivity index (χ2n) is 8.95. The van der Waals surface area contributed by atoms with Crippen LogP contribution < -0.4 is 11.1 Å². The van der Waals surface area contributed by atoms with Crippen LogP contribution in [0.15, 0.2) is 0 Å². The molecule has 3 rings (SSSR count). The number of nitrogens with two attached hydrogens (primary N) is 1. The molecule has 2 unspecified atom stereocenters. The van der Waals surface area contributed by atoms with Gasteiger partial charge in [0.15, 0.2) is 0 Å². The lowest BCUT2D eigenvalue weighted by molar-refractivity contribution is -0.128. The summed E-state index contributed by atoms with van der Waals surface area (Å²) in [6, 6.07) is 0.345. The van der Waals surface area contributed by atoms with Crippen molar-refractivity contribution in [2.24, 2.45) is 23.5 Å². The summed E-state index contributed by atoms with van der Waals surface area (Å²) < 4.78 is 0. The van der Waals surface area contributed by atoms with Crippen molar-refractivity contribution in [2.75, 3.05) is 20.6 Å². The van der Waals surface area contributed by atoms with Crippen LogP contribution in [0.4, 0.5) is 0 Å². The average molecular weight is 336 g/mol. The molecule has 2 bridgehead atoms. The predicted molar refractivity (Wildman–Crippen MR) is 98.7 cm³/mol. The number of hydrogen-bond donors (Lipinski definition) is 2. The highest BCUT2D eigenvalue weighted by Crippen LogP contribution is 2.42. The number of amides is 1. The van der Waals surface area contributed by atoms with Crippen LogP contribution in [0.25, 0.3) is 0 Å². The third-order valence-corrected chi connectivity index (χ3v) is 7.36. The van der Waals surface area contributed by atoms with Crippen molar-refractivity contribution in [3.8, 4) is 0 Å². The van der Waals surface area contributed by atoms with Gasteiger partial charge in [0.25, 0.3) is 0 Å². The zero-order valence-corrected chi connectivity index (χ0v) is 15.7. The Hall–Kier alpha value is -0.610. The Morgan fingerprint density at radius 2 is 1.62 bits per heavy atom. The number of likely N-dealkylation sites (N-methyl/N-ethyl adjacent to an activating group) is 1. The van der Waals surface area contributed by atoms with Crippen LogP contribution in [0.2, 0.25) is 0 Å². The Kier molecular flexibility index (Phi) is 5.86. The van der Waals surface area contributed by atoms with Gasteiger partial charge in [0.2, 0.25) is 5.91 Å². The minimum absolute atomic E-state index is 0.160. The fraction of sp³-hybridized carbons (Fsp3) is 0.950. The van der Waals surface area contributed by atoms with Crippen molar-refractivity contribution >= 4 is 5.91 Å². The Balaban J connectivity index is 1.58. The SMILES string of the molecule is CN(C)C1(CNC(=O)C2CC3CCCC(C2)C3N)CCCCCC1. The second kappa shape index (κ2) is 7.74. The molecule has 0 aromatic heterocycles. The summed E-state index contributed by atoms with van der Waals surface area (Å²) in [7, 11) is 4.36. The van der Waals surface area contributed by atoms with E-state index in [9.17, 15) is 4.79 Å². The Morgan fingerprint density at radius 3 is 2.17 bits per heavy atom. The highest BCUT2D eigenvalue weighted by molar-refractivity contribution is 5.79. The van der Waals surface area contributed by atoms with E-state index in [4.69, 9.17) is 5.73 Å². The van der Waals surface area contributed by atoms with Crippen molar-refractivity contribution < 1.29 is 4.79 Å². The molecule has 3 saturated carbocycles. The van der Waals surface area contributed by atoms with Crippen molar-refractivity contribution in [1.29, 1.82) is 0 Å². The number of fused-ring (bicyclic) bond motifs is 2. The molecule has 138 valence electrons. The maximum Gasteiger partial charge on any atom is 0.223 e. The van der Waals surface area contributed by atoms with Gasteiger partial charge in [0.05, 0.1) is 0 Å². The van der Waals surface area contributed by atoms with Crippen LogP contribution in [0, 0.1) is 17.8 Å². The molecule has 3 fully saturated rings. The molecule has 3 N–H and O–H groups in total. The predicted octanol–water partition coefficient (Wildman–Crippen LogP) is 2.91. The first-order valence-corrected chi connectivity index (χ1v) is 10.2. The topological polar surface area (TPSA) is 58.4 Å². The molecule has 4 heteroatoms. The number of nitrogens with zero attached hydrogens (tertiary/aromatic N) is 1. The normalized spacial score (nSPS) is 36.2. The summed E-state index contributed by atoms with van der Waals surface area (Å²) in [5.41, 5.74) is 6.54. The molecule has 0 heterocycles. The Bertz CT molecular complexity index is 415. The number of nitrogens with one attached hydrogen (secondary N) is 1. The quantitative estimate of drug-likeness (QED) is 0.777. The van der Waals surface area contributed by atoms with E-state index in [0.717, 1.165) is 19.4 Å². The third kappa shape index (κ3) is 3.80. The highest BCUT2D eigenvalue weighted by Gasteiger charge is 2.41. The standard InChI is InChI=1S/C20H37N3O/c1-23(2)20(10-5-3-4-6-11-20)14-22-19(24)17-12-15-8-7-9-16(13-17)18(15)21/h15-18H,3-14,21H2,1-2H3,(H,22,24). The summed E-state index contributed by atoms with van der Waals surface area (Å²) in [6.45, 7) is 0.816. The minimum Gasteiger partial charge on any atom is -0.354 e. The summed E-state index contributed by atoms with van der Waals surface area (Å²) in [4.78, 5) is 15.2. The van der Waals surface area contributed by atoms with Gasteiger partial charge in [0.1, 0.15) is 0 Å². The molecule has 0 saturated heterocycles. The van der Waals surface area contributed by atoms with Crippen LogP contribution in [0.5, 0.6) is 0 Å². The molecule has 0 aromatic rings. The van der Waals surface area contributed by atoms with Gasteiger partial charge in [-0.15, -0.1) is 0 Å². The first-order chi connectivity index (χ1) is 11.5. The lowest BCUT2D eigenvalue weighted by atomic mass is 9.65. The van der Waals surface area contributed by atoms with Gasteiger partial charge in [-0.25, -0.2) is 0 Å². The van der Waals surface area contributed by atoms with Crippen molar-refractivity contribution in [1.82, 2.24) is 10.2 Å². The van der Waals surface area contributed by atoms with E-state index in [-0.39, 0.29) is 11.5 Å². The lowest BCUT2D eigenvalue weighted by Crippen LogP contribution is -2.54. The monoisotopic (exact) mass is 335 g/mol. The van der Waals surface area contributed by atoms with E-state index < -0.39 is 0 Å². The minimum atomic E-state index is 0.160. The molecule has 0 aliphatic heterocycles. The van der Waals surface area contributed by atoms with Crippen LogP contribution in [-0.2, 0) is 4.79 Å². The number of carbonyl (C=O) groups is 1. The van der Waals surface area contributed by atoms with E-state index in [2.05, 4.69) is 24.3 Å². The van der Waals surface area contributed by atoms with E-state index in [0.29, 0.717) is 23.8 Å². The van der Waals surface area contributed by atoms with E-state index >= 15 is 0 Å². The first-order valence-electron chi connectivity index (χ1n) is 10.2. The Labute approximate surface area is 147 Å². The first kappa shape index (κ1) is 18.2. The molecule has 0 radical (unpaired) electrons. The second-order valence-corrected chi connectivity index (χ2v) is 8.95. The molecule has 24 heavy (non-hydrogen) atoms. The number of carbonyl (C=O) groups excluding carboxylic acids is 1. The maximum atomic E-state index is 12.9. The molecule has 0 spiro atoms. The zero-order chi connectivity index (χ0) is 17.2. The number of hydrogen-bond acceptors (Lipinski definition) is 3. The third-order valence-electron chi connectivity index (χ3n) is 7.36. The largest absolute Gasteiger partial charge is 0.354 e. The van der Waals surface area contributed by atoms with Gasteiger partial charge in [-0.1, -0.05) is 32.1 Å². The summed E-state index contributed by atoms with van der Waals surface area (Å²) >= 11 is 0. The summed E-state index contributed by atoms with van der Waals surface area (Å²) in [5, 5.41) is 3.35. The molecule has 1 amide bonds. The van der Waals surface area contributed by atoms with Crippen LogP contribution >= 0.6 is 0 Å².